The van der Waals surface area contributed by atoms with E-state index >= 15 is 0 Å². The SMILES string of the molecule is CC1CCCNC1C(=O)Nc1ccc(F)cc1Br. The number of hydrogen-bond acceptors (Lipinski definition) is 2. The number of benzene rings is 1. The van der Waals surface area contributed by atoms with Gasteiger partial charge in [0, 0.05) is 4.47 Å². The summed E-state index contributed by atoms with van der Waals surface area (Å²) >= 11 is 3.24. The van der Waals surface area contributed by atoms with Crippen molar-refractivity contribution in [3.05, 3.63) is 28.5 Å². The molecule has 0 bridgehead atoms. The highest BCUT2D eigenvalue weighted by molar-refractivity contribution is 9.10. The van der Waals surface area contributed by atoms with Gasteiger partial charge in [0.05, 0.1) is 11.7 Å². The topological polar surface area (TPSA) is 41.1 Å². The third-order valence-corrected chi connectivity index (χ3v) is 3.90. The zero-order valence-electron chi connectivity index (χ0n) is 10.2. The lowest BCUT2D eigenvalue weighted by Crippen LogP contribution is -2.48. The number of piperidine rings is 1. The first-order chi connectivity index (χ1) is 8.58. The van der Waals surface area contributed by atoms with E-state index in [1.54, 1.807) is 6.07 Å². The lowest BCUT2D eigenvalue weighted by Gasteiger charge is -2.29. The molecule has 0 aromatic heterocycles. The number of anilines is 1. The predicted octanol–water partition coefficient (Wildman–Crippen LogP) is 2.91. The fourth-order valence-electron chi connectivity index (χ4n) is 2.20. The largest absolute Gasteiger partial charge is 0.324 e. The Kier molecular flexibility index (Phi) is 4.35. The standard InChI is InChI=1S/C13H16BrFN2O/c1-8-3-2-6-16-12(8)13(18)17-11-5-4-9(15)7-10(11)14/h4-5,7-8,12,16H,2-3,6H2,1H3,(H,17,18). The number of nitrogens with one attached hydrogen (secondary N) is 2. The van der Waals surface area contributed by atoms with Crippen LogP contribution in [-0.2, 0) is 4.79 Å². The summed E-state index contributed by atoms with van der Waals surface area (Å²) in [5.74, 6) is -0.0727. The van der Waals surface area contributed by atoms with Crippen molar-refractivity contribution >= 4 is 27.5 Å². The lowest BCUT2D eigenvalue weighted by molar-refractivity contribution is -0.119. The monoisotopic (exact) mass is 314 g/mol. The lowest BCUT2D eigenvalue weighted by atomic mass is 9.92. The Hall–Kier alpha value is -0.940. The summed E-state index contributed by atoms with van der Waals surface area (Å²) in [6.45, 7) is 2.93. The van der Waals surface area contributed by atoms with Crippen LogP contribution in [0.15, 0.2) is 22.7 Å². The van der Waals surface area contributed by atoms with Gasteiger partial charge in [0.25, 0.3) is 0 Å². The maximum atomic E-state index is 12.9. The molecule has 1 fully saturated rings. The van der Waals surface area contributed by atoms with Crippen molar-refractivity contribution in [1.29, 1.82) is 0 Å². The first-order valence-electron chi connectivity index (χ1n) is 6.07. The van der Waals surface area contributed by atoms with Gasteiger partial charge in [0.2, 0.25) is 5.91 Å². The summed E-state index contributed by atoms with van der Waals surface area (Å²) in [7, 11) is 0. The van der Waals surface area contributed by atoms with Crippen molar-refractivity contribution in [2.45, 2.75) is 25.8 Å². The highest BCUT2D eigenvalue weighted by Gasteiger charge is 2.27. The second-order valence-corrected chi connectivity index (χ2v) is 5.52. The van der Waals surface area contributed by atoms with Crippen LogP contribution in [0, 0.1) is 11.7 Å². The summed E-state index contributed by atoms with van der Waals surface area (Å²) in [5.41, 5.74) is 0.598. The molecular formula is C13H16BrFN2O. The third-order valence-electron chi connectivity index (χ3n) is 3.24. The fourth-order valence-corrected chi connectivity index (χ4v) is 2.65. The number of halogens is 2. The van der Waals surface area contributed by atoms with Crippen LogP contribution in [0.2, 0.25) is 0 Å². The molecule has 2 unspecified atom stereocenters. The molecule has 2 N–H and O–H groups in total. The van der Waals surface area contributed by atoms with Gasteiger partial charge in [-0.3, -0.25) is 4.79 Å². The van der Waals surface area contributed by atoms with Crippen LogP contribution in [0.1, 0.15) is 19.8 Å². The summed E-state index contributed by atoms with van der Waals surface area (Å²) in [4.78, 5) is 12.1. The van der Waals surface area contributed by atoms with Gasteiger partial charge < -0.3 is 10.6 Å². The van der Waals surface area contributed by atoms with Gasteiger partial charge >= 0.3 is 0 Å². The summed E-state index contributed by atoms with van der Waals surface area (Å²) in [5, 5.41) is 6.04. The van der Waals surface area contributed by atoms with Gasteiger partial charge in [-0.25, -0.2) is 4.39 Å². The normalized spacial score (nSPS) is 23.7. The number of carbonyl (C=O) groups is 1. The Labute approximate surface area is 114 Å². The summed E-state index contributed by atoms with van der Waals surface area (Å²) in [6.07, 6.45) is 2.15. The van der Waals surface area contributed by atoms with Gasteiger partial charge in [-0.05, 0) is 59.4 Å². The first-order valence-corrected chi connectivity index (χ1v) is 6.86. The molecule has 2 rings (SSSR count). The number of carbonyl (C=O) groups excluding carboxylic acids is 1. The number of amides is 1. The molecule has 0 spiro atoms. The highest BCUT2D eigenvalue weighted by Crippen LogP contribution is 2.24. The molecule has 1 heterocycles. The third kappa shape index (κ3) is 3.09. The maximum Gasteiger partial charge on any atom is 0.241 e. The number of hydrogen-bond donors (Lipinski definition) is 2. The van der Waals surface area contributed by atoms with E-state index in [9.17, 15) is 9.18 Å². The van der Waals surface area contributed by atoms with E-state index in [2.05, 4.69) is 33.5 Å². The number of rotatable bonds is 2. The maximum absolute atomic E-state index is 12.9. The van der Waals surface area contributed by atoms with E-state index in [0.717, 1.165) is 19.4 Å². The molecule has 1 aromatic rings. The van der Waals surface area contributed by atoms with Crippen LogP contribution in [0.25, 0.3) is 0 Å². The van der Waals surface area contributed by atoms with Crippen LogP contribution in [0.4, 0.5) is 10.1 Å². The Balaban J connectivity index is 2.06. The van der Waals surface area contributed by atoms with Crippen molar-refractivity contribution in [3.63, 3.8) is 0 Å². The van der Waals surface area contributed by atoms with Crippen LogP contribution in [0.5, 0.6) is 0 Å². The minimum absolute atomic E-state index is 0.0606. The van der Waals surface area contributed by atoms with E-state index in [1.807, 2.05) is 0 Å². The summed E-state index contributed by atoms with van der Waals surface area (Å²) in [6, 6.07) is 4.06. The Bertz CT molecular complexity index is 453. The molecule has 0 radical (unpaired) electrons. The van der Waals surface area contributed by atoms with Crippen molar-refractivity contribution < 1.29 is 9.18 Å². The van der Waals surface area contributed by atoms with Crippen molar-refractivity contribution in [2.24, 2.45) is 5.92 Å². The average Bonchev–Trinajstić information content (AvgIpc) is 2.33. The Morgan fingerprint density at radius 2 is 2.33 bits per heavy atom. The molecule has 98 valence electrons. The van der Waals surface area contributed by atoms with Gasteiger partial charge in [0.1, 0.15) is 5.82 Å². The molecule has 1 amide bonds. The molecule has 1 aliphatic rings. The van der Waals surface area contributed by atoms with E-state index in [4.69, 9.17) is 0 Å². The van der Waals surface area contributed by atoms with Crippen molar-refractivity contribution in [1.82, 2.24) is 5.32 Å². The quantitative estimate of drug-likeness (QED) is 0.881. The van der Waals surface area contributed by atoms with Crippen molar-refractivity contribution in [2.75, 3.05) is 11.9 Å². The zero-order chi connectivity index (χ0) is 13.1. The molecule has 1 aliphatic heterocycles. The highest BCUT2D eigenvalue weighted by atomic mass is 79.9. The second-order valence-electron chi connectivity index (χ2n) is 4.66. The molecule has 18 heavy (non-hydrogen) atoms. The van der Waals surface area contributed by atoms with Gasteiger partial charge in [-0.15, -0.1) is 0 Å². The van der Waals surface area contributed by atoms with E-state index in [-0.39, 0.29) is 17.8 Å². The average molecular weight is 315 g/mol. The smallest absolute Gasteiger partial charge is 0.241 e. The molecule has 3 nitrogen and oxygen atoms in total. The van der Waals surface area contributed by atoms with Crippen LogP contribution in [-0.4, -0.2) is 18.5 Å². The van der Waals surface area contributed by atoms with Gasteiger partial charge in [-0.2, -0.15) is 0 Å². The van der Waals surface area contributed by atoms with Crippen LogP contribution in [0.3, 0.4) is 0 Å². The summed E-state index contributed by atoms with van der Waals surface area (Å²) < 4.78 is 13.5. The predicted molar refractivity (Wildman–Crippen MR) is 72.9 cm³/mol. The van der Waals surface area contributed by atoms with E-state index in [1.165, 1.54) is 12.1 Å². The molecule has 0 aliphatic carbocycles. The zero-order valence-corrected chi connectivity index (χ0v) is 11.8. The molecule has 5 heteroatoms. The van der Waals surface area contributed by atoms with Crippen LogP contribution < -0.4 is 10.6 Å². The molecule has 1 saturated heterocycles. The van der Waals surface area contributed by atoms with E-state index < -0.39 is 0 Å². The van der Waals surface area contributed by atoms with Gasteiger partial charge in [-0.1, -0.05) is 6.92 Å². The van der Waals surface area contributed by atoms with Gasteiger partial charge in [0.15, 0.2) is 0 Å². The Morgan fingerprint density at radius 3 is 3.00 bits per heavy atom. The Morgan fingerprint density at radius 1 is 1.56 bits per heavy atom. The van der Waals surface area contributed by atoms with E-state index in [0.29, 0.717) is 16.1 Å². The minimum Gasteiger partial charge on any atom is -0.324 e. The molecule has 0 saturated carbocycles. The molecule has 2 atom stereocenters. The second kappa shape index (κ2) is 5.80. The van der Waals surface area contributed by atoms with Crippen molar-refractivity contribution in [3.8, 4) is 0 Å². The fraction of sp³-hybridized carbons (Fsp3) is 0.462. The van der Waals surface area contributed by atoms with Crippen LogP contribution >= 0.6 is 15.9 Å². The molecular weight excluding hydrogens is 299 g/mol. The first kappa shape index (κ1) is 13.5. The molecule has 1 aromatic carbocycles. The minimum atomic E-state index is -0.330.